The van der Waals surface area contributed by atoms with E-state index in [1.54, 1.807) is 39.0 Å². The van der Waals surface area contributed by atoms with Crippen molar-refractivity contribution in [3.63, 3.8) is 0 Å². The zero-order valence-electron chi connectivity index (χ0n) is 51.4. The average molecular weight is 1230 g/mol. The van der Waals surface area contributed by atoms with E-state index in [2.05, 4.69) is 82.2 Å². The monoisotopic (exact) mass is 1230 g/mol. The van der Waals surface area contributed by atoms with E-state index in [0.29, 0.717) is 16.7 Å². The molecule has 0 spiro atoms. The number of hydrogen-bond acceptors (Lipinski definition) is 4. The molecule has 4 heterocycles. The molecule has 0 atom stereocenters. The molecule has 0 bridgehead atoms. The summed E-state index contributed by atoms with van der Waals surface area (Å²) in [7, 11) is -1.30. The van der Waals surface area contributed by atoms with Crippen molar-refractivity contribution in [2.45, 2.75) is 77.8 Å². The zero-order chi connectivity index (χ0) is 59.0. The Labute approximate surface area is 460 Å². The third-order valence-corrected chi connectivity index (χ3v) is 18.1. The number of hydrogen-bond donors (Lipinski definition) is 0. The first kappa shape index (κ1) is 43.3. The topological polar surface area (TPSA) is 51.8 Å². The van der Waals surface area contributed by atoms with Crippen LogP contribution in [0.3, 0.4) is 0 Å². The van der Waals surface area contributed by atoms with Crippen molar-refractivity contribution in [2.24, 2.45) is 5.41 Å². The summed E-state index contributed by atoms with van der Waals surface area (Å²) in [5, 5.41) is 2.99. The molecular formula is C64H62F2GeIrN3OSi. The molecule has 10 rings (SSSR count). The summed E-state index contributed by atoms with van der Waals surface area (Å²) in [5.74, 6) is 6.46. The number of benzene rings is 6. The third kappa shape index (κ3) is 13.7. The first-order valence-electron chi connectivity index (χ1n) is 28.2. The van der Waals surface area contributed by atoms with E-state index >= 15 is 0 Å². The summed E-state index contributed by atoms with van der Waals surface area (Å²) in [5.41, 5.74) is 5.68. The maximum atomic E-state index is 12.8. The quantitative estimate of drug-likeness (QED) is 0.112. The molecule has 0 saturated carbocycles. The Morgan fingerprint density at radius 2 is 1.32 bits per heavy atom. The summed E-state index contributed by atoms with van der Waals surface area (Å²) in [6.07, 6.45) is 3.08. The molecule has 0 amide bonds. The van der Waals surface area contributed by atoms with Gasteiger partial charge in [-0.3, -0.25) is 4.39 Å². The Bertz CT molecular complexity index is 3740. The van der Waals surface area contributed by atoms with Gasteiger partial charge in [0.2, 0.25) is 0 Å². The van der Waals surface area contributed by atoms with E-state index in [4.69, 9.17) is 16.8 Å². The van der Waals surface area contributed by atoms with Gasteiger partial charge in [0, 0.05) is 34.6 Å². The summed E-state index contributed by atoms with van der Waals surface area (Å²) in [4.78, 5) is 13.3. The maximum Gasteiger partial charge on any atom is 3.00 e. The van der Waals surface area contributed by atoms with Crippen molar-refractivity contribution >= 4 is 52.9 Å². The molecule has 4 aromatic heterocycles. The first-order chi connectivity index (χ1) is 37.8. The predicted octanol–water partition coefficient (Wildman–Crippen LogP) is 16.5. The number of pyridine rings is 3. The van der Waals surface area contributed by atoms with Gasteiger partial charge < -0.3 is 14.4 Å². The normalized spacial score (nSPS) is 13.9. The molecule has 0 fully saturated rings. The fourth-order valence-electron chi connectivity index (χ4n) is 7.89. The average Bonchev–Trinajstić information content (AvgIpc) is 3.62. The molecule has 0 N–H and O–H groups in total. The van der Waals surface area contributed by atoms with Crippen LogP contribution < -0.4 is 9.58 Å². The Balaban J connectivity index is 0.000000224. The smallest absolute Gasteiger partial charge is 3.00 e. The minimum absolute atomic E-state index is 0. The van der Waals surface area contributed by atoms with E-state index in [0.717, 1.165) is 44.4 Å². The summed E-state index contributed by atoms with van der Waals surface area (Å²) in [6, 6.07) is 49.3. The maximum absolute atomic E-state index is 12.8. The van der Waals surface area contributed by atoms with Gasteiger partial charge in [0.05, 0.1) is 15.0 Å². The number of rotatable bonds is 8. The molecule has 10 aromatic rings. The number of furan rings is 1. The molecule has 0 saturated heterocycles. The molecule has 6 aromatic carbocycles. The van der Waals surface area contributed by atoms with Gasteiger partial charge >= 0.3 is 124 Å². The summed E-state index contributed by atoms with van der Waals surface area (Å²) >= 11 is -1.79. The van der Waals surface area contributed by atoms with Gasteiger partial charge in [-0.25, -0.2) is 0 Å². The predicted molar refractivity (Wildman–Crippen MR) is 302 cm³/mol. The Morgan fingerprint density at radius 3 is 1.88 bits per heavy atom. The first-order valence-corrected chi connectivity index (χ1v) is 34.5. The largest absolute Gasteiger partial charge is 3.00 e. The Hall–Kier alpha value is -6.16. The van der Waals surface area contributed by atoms with Gasteiger partial charge in [-0.2, -0.15) is 0 Å². The summed E-state index contributed by atoms with van der Waals surface area (Å²) < 4.78 is 110. The molecule has 9 heteroatoms. The van der Waals surface area contributed by atoms with Gasteiger partial charge in [-0.05, 0) is 87.1 Å². The van der Waals surface area contributed by atoms with E-state index < -0.39 is 46.8 Å². The fraction of sp³-hybridized carbons (Fsp3) is 0.203. The van der Waals surface area contributed by atoms with Gasteiger partial charge in [-0.1, -0.05) is 130 Å². The molecule has 0 radical (unpaired) electrons. The number of aromatic nitrogens is 3. The van der Waals surface area contributed by atoms with Crippen molar-refractivity contribution in [1.29, 1.82) is 0 Å². The second-order valence-electron chi connectivity index (χ2n) is 20.6. The number of fused-ring (bicyclic) bond motifs is 3. The van der Waals surface area contributed by atoms with Gasteiger partial charge in [0.15, 0.2) is 0 Å². The van der Waals surface area contributed by atoms with E-state index in [1.165, 1.54) is 58.2 Å². The Kier molecular flexibility index (Phi) is 13.6. The molecule has 0 aliphatic heterocycles. The third-order valence-electron chi connectivity index (χ3n) is 11.8. The van der Waals surface area contributed by atoms with E-state index in [-0.39, 0.29) is 71.3 Å². The molecule has 0 aliphatic rings. The van der Waals surface area contributed by atoms with Crippen molar-refractivity contribution in [3.05, 3.63) is 211 Å². The molecule has 4 nitrogen and oxygen atoms in total. The second kappa shape index (κ2) is 22.9. The van der Waals surface area contributed by atoms with Crippen LogP contribution in [0.15, 0.2) is 169 Å². The molecule has 0 aliphatic carbocycles. The minimum Gasteiger partial charge on any atom is 3.00 e. The van der Waals surface area contributed by atoms with E-state index in [9.17, 15) is 8.78 Å². The Morgan fingerprint density at radius 1 is 0.658 bits per heavy atom. The minimum atomic E-state index is -2.79. The number of halogens is 2. The van der Waals surface area contributed by atoms with Crippen LogP contribution in [0, 0.1) is 49.0 Å². The van der Waals surface area contributed by atoms with Crippen LogP contribution in [0.2, 0.25) is 36.9 Å². The van der Waals surface area contributed by atoms with Crippen LogP contribution in [-0.2, 0) is 26.5 Å². The van der Waals surface area contributed by atoms with E-state index in [1.807, 2.05) is 79.1 Å². The second-order valence-corrected chi connectivity index (χ2v) is 36.4. The van der Waals surface area contributed by atoms with Crippen molar-refractivity contribution in [3.8, 4) is 56.0 Å². The van der Waals surface area contributed by atoms with Crippen molar-refractivity contribution in [2.75, 3.05) is 0 Å². The van der Waals surface area contributed by atoms with Crippen LogP contribution in [0.4, 0.5) is 8.78 Å². The van der Waals surface area contributed by atoms with Crippen LogP contribution in [0.25, 0.3) is 78.0 Å². The molecular weight excluding hydrogens is 1160 g/mol. The van der Waals surface area contributed by atoms with Crippen LogP contribution in [0.1, 0.15) is 49.8 Å². The SMILES string of the molecule is C[Si](C)(C)c1ccc(-c2[c-]cc(F)cc2)nc1.[2H]c1cc(C([2H])([2H])C(C)(C)C)cc(C([2H])([2H])[2H])c1-c1cc(-c2[c-]ccc3c2oc2cc(-c4ccccc4)ccc23)ncc1C([2H])([2H])[2H].[CH3][Ge]([CH3])([CH3])[c]1ccc(-c2[c-]cc(F)cc2)nc1.[Ir+3]. The van der Waals surface area contributed by atoms with Crippen molar-refractivity contribution in [1.82, 2.24) is 15.0 Å². The number of aryl methyl sites for hydroxylation is 2. The standard InChI is InChI=1S/C36H32NO.C14H15FGeN.C14H15FNSi.Ir/c1-23-18-25(21-36(3,4)5)14-16-28(23)32-20-33(37-22-24(32)2)31-13-9-12-30-29-17-15-27(19-34(29)38-35(30)31)26-10-7-6-8-11-26;1-16(2,3)13-8-9-14(17-10-13)11-4-6-12(15)7-5-11;1-17(2,3)13-8-9-14(16-10-13)11-4-6-12(15)7-5-11;/h6-12,14-20,22H,21H2,1-5H3;2*4,6-10H,1-3H3;/q3*-1;+3/i1D3,2D3,16D,21D2;;;. The molecule has 370 valence electrons. The van der Waals surface area contributed by atoms with Crippen LogP contribution >= 0.6 is 0 Å². The fourth-order valence-corrected chi connectivity index (χ4v) is 11.1. The molecule has 73 heavy (non-hydrogen) atoms. The van der Waals surface area contributed by atoms with Crippen LogP contribution in [0.5, 0.6) is 0 Å². The number of nitrogens with zero attached hydrogens (tertiary/aromatic N) is 3. The summed E-state index contributed by atoms with van der Waals surface area (Å²) in [6.45, 7) is 6.46. The van der Waals surface area contributed by atoms with Crippen LogP contribution in [-0.4, -0.2) is 36.3 Å². The van der Waals surface area contributed by atoms with Gasteiger partial charge in [-0.15, -0.1) is 48.0 Å². The van der Waals surface area contributed by atoms with Gasteiger partial charge in [0.25, 0.3) is 0 Å². The molecule has 0 unspecified atom stereocenters. The van der Waals surface area contributed by atoms with Gasteiger partial charge in [0.1, 0.15) is 5.58 Å². The van der Waals surface area contributed by atoms with Crippen molar-refractivity contribution < 1.29 is 45.6 Å². The zero-order valence-corrected chi connectivity index (χ0v) is 47.8.